The summed E-state index contributed by atoms with van der Waals surface area (Å²) >= 11 is 11.6. The molecule has 0 aliphatic rings. The normalized spacial score (nSPS) is 10.7. The second-order valence-electron chi connectivity index (χ2n) is 4.00. The van der Waals surface area contributed by atoms with Gasteiger partial charge in [-0.05, 0) is 60.7 Å². The molecule has 0 N–H and O–H groups in total. The Morgan fingerprint density at radius 2 is 1.00 bits per heavy atom. The smallest absolute Gasteiger partial charge is 0.119 e. The van der Waals surface area contributed by atoms with E-state index in [2.05, 4.69) is 0 Å². The van der Waals surface area contributed by atoms with Crippen molar-refractivity contribution in [3.63, 3.8) is 0 Å². The molecule has 0 amide bonds. The van der Waals surface area contributed by atoms with E-state index in [1.54, 1.807) is 24.3 Å². The van der Waals surface area contributed by atoms with Gasteiger partial charge in [-0.3, -0.25) is 0 Å². The molecule has 0 spiro atoms. The molecule has 0 saturated heterocycles. The van der Waals surface area contributed by atoms with Crippen LogP contribution in [0.4, 0.5) is 0 Å². The lowest BCUT2D eigenvalue weighted by atomic mass is 10.3. The van der Waals surface area contributed by atoms with Crippen molar-refractivity contribution in [1.29, 1.82) is 0 Å². The highest BCUT2D eigenvalue weighted by Gasteiger charge is 1.92. The summed E-state index contributed by atoms with van der Waals surface area (Å²) in [6.07, 6.45) is 3.81. The molecule has 104 valence electrons. The van der Waals surface area contributed by atoms with E-state index in [9.17, 15) is 0 Å². The number of halogens is 2. The van der Waals surface area contributed by atoms with E-state index in [1.807, 2.05) is 36.4 Å². The first-order valence-electron chi connectivity index (χ1n) is 6.16. The van der Waals surface area contributed by atoms with Crippen LogP contribution >= 0.6 is 23.2 Å². The summed E-state index contributed by atoms with van der Waals surface area (Å²) in [5, 5.41) is 1.40. The molecule has 2 aromatic carbocycles. The average molecular weight is 309 g/mol. The van der Waals surface area contributed by atoms with Gasteiger partial charge in [0.05, 0.1) is 0 Å². The number of hydrogen-bond donors (Lipinski definition) is 0. The molecule has 0 aliphatic carbocycles. The molecular weight excluding hydrogens is 295 g/mol. The van der Waals surface area contributed by atoms with Crippen molar-refractivity contribution in [2.75, 3.05) is 13.2 Å². The standard InChI is InChI=1S/C16H14Cl2O2/c17-13-3-7-15(8-4-13)19-11-1-2-12-20-16-9-5-14(18)6-10-16/h1-10H,11-12H2. The summed E-state index contributed by atoms with van der Waals surface area (Å²) in [5.41, 5.74) is 0. The summed E-state index contributed by atoms with van der Waals surface area (Å²) in [4.78, 5) is 0. The van der Waals surface area contributed by atoms with Crippen molar-refractivity contribution in [3.05, 3.63) is 70.7 Å². The minimum Gasteiger partial charge on any atom is -0.490 e. The zero-order valence-electron chi connectivity index (χ0n) is 10.8. The van der Waals surface area contributed by atoms with E-state index in [0.717, 1.165) is 11.5 Å². The number of rotatable bonds is 6. The first kappa shape index (κ1) is 14.8. The average Bonchev–Trinajstić information content (AvgIpc) is 2.46. The highest BCUT2D eigenvalue weighted by atomic mass is 35.5. The first-order valence-corrected chi connectivity index (χ1v) is 6.91. The Labute approximate surface area is 128 Å². The fourth-order valence-electron chi connectivity index (χ4n) is 1.49. The monoisotopic (exact) mass is 308 g/mol. The van der Waals surface area contributed by atoms with Gasteiger partial charge in [0.15, 0.2) is 0 Å². The summed E-state index contributed by atoms with van der Waals surface area (Å²) in [7, 11) is 0. The maximum Gasteiger partial charge on any atom is 0.119 e. The van der Waals surface area contributed by atoms with Crippen molar-refractivity contribution in [2.45, 2.75) is 0 Å². The minimum atomic E-state index is 0.492. The number of ether oxygens (including phenoxy) is 2. The van der Waals surface area contributed by atoms with Gasteiger partial charge in [0, 0.05) is 10.0 Å². The maximum atomic E-state index is 5.79. The zero-order chi connectivity index (χ0) is 14.2. The molecule has 20 heavy (non-hydrogen) atoms. The third kappa shape index (κ3) is 5.16. The van der Waals surface area contributed by atoms with Crippen LogP contribution in [0.3, 0.4) is 0 Å². The largest absolute Gasteiger partial charge is 0.490 e. The van der Waals surface area contributed by atoms with Crippen LogP contribution in [0.15, 0.2) is 60.7 Å². The van der Waals surface area contributed by atoms with Gasteiger partial charge in [0.1, 0.15) is 24.7 Å². The van der Waals surface area contributed by atoms with Crippen molar-refractivity contribution in [1.82, 2.24) is 0 Å². The summed E-state index contributed by atoms with van der Waals surface area (Å²) in [6.45, 7) is 0.983. The number of hydrogen-bond acceptors (Lipinski definition) is 2. The van der Waals surface area contributed by atoms with E-state index >= 15 is 0 Å². The maximum absolute atomic E-state index is 5.79. The molecule has 0 unspecified atom stereocenters. The molecule has 0 bridgehead atoms. The molecule has 2 nitrogen and oxygen atoms in total. The molecule has 0 atom stereocenters. The quantitative estimate of drug-likeness (QED) is 0.699. The molecule has 0 fully saturated rings. The molecule has 4 heteroatoms. The Balaban J connectivity index is 1.67. The lowest BCUT2D eigenvalue weighted by Gasteiger charge is -2.04. The van der Waals surface area contributed by atoms with Crippen molar-refractivity contribution in [2.24, 2.45) is 0 Å². The van der Waals surface area contributed by atoms with Gasteiger partial charge in [-0.2, -0.15) is 0 Å². The fourth-order valence-corrected chi connectivity index (χ4v) is 1.74. The molecule has 0 saturated carbocycles. The van der Waals surface area contributed by atoms with Gasteiger partial charge in [-0.15, -0.1) is 0 Å². The van der Waals surface area contributed by atoms with Crippen LogP contribution in [-0.2, 0) is 0 Å². The van der Waals surface area contributed by atoms with Crippen LogP contribution in [0, 0.1) is 0 Å². The Morgan fingerprint density at radius 3 is 1.35 bits per heavy atom. The Hall–Kier alpha value is -1.64. The van der Waals surface area contributed by atoms with Crippen molar-refractivity contribution < 1.29 is 9.47 Å². The van der Waals surface area contributed by atoms with Crippen LogP contribution in [0.1, 0.15) is 0 Å². The van der Waals surface area contributed by atoms with Gasteiger partial charge < -0.3 is 9.47 Å². The van der Waals surface area contributed by atoms with Gasteiger partial charge in [0.2, 0.25) is 0 Å². The molecule has 0 heterocycles. The lowest BCUT2D eigenvalue weighted by Crippen LogP contribution is -1.96. The molecular formula is C16H14Cl2O2. The van der Waals surface area contributed by atoms with E-state index in [4.69, 9.17) is 32.7 Å². The molecule has 0 radical (unpaired) electrons. The van der Waals surface area contributed by atoms with E-state index < -0.39 is 0 Å². The van der Waals surface area contributed by atoms with E-state index in [0.29, 0.717) is 23.3 Å². The predicted octanol–water partition coefficient (Wildman–Crippen LogP) is 5.01. The third-order valence-corrected chi connectivity index (χ3v) is 2.99. The second kappa shape index (κ2) is 7.83. The fraction of sp³-hybridized carbons (Fsp3) is 0.125. The number of benzene rings is 2. The van der Waals surface area contributed by atoms with Gasteiger partial charge in [-0.25, -0.2) is 0 Å². The predicted molar refractivity (Wildman–Crippen MR) is 83.0 cm³/mol. The van der Waals surface area contributed by atoms with Gasteiger partial charge in [0.25, 0.3) is 0 Å². The Kier molecular flexibility index (Phi) is 5.78. The van der Waals surface area contributed by atoms with Crippen LogP contribution in [0.5, 0.6) is 11.5 Å². The SMILES string of the molecule is Clc1ccc(OCC=CCOc2ccc(Cl)cc2)cc1. The molecule has 0 aromatic heterocycles. The summed E-state index contributed by atoms with van der Waals surface area (Å²) in [6, 6.07) is 14.5. The zero-order valence-corrected chi connectivity index (χ0v) is 12.3. The van der Waals surface area contributed by atoms with Crippen LogP contribution in [0.25, 0.3) is 0 Å². The minimum absolute atomic E-state index is 0.492. The first-order chi connectivity index (χ1) is 9.74. The van der Waals surface area contributed by atoms with Gasteiger partial charge >= 0.3 is 0 Å². The lowest BCUT2D eigenvalue weighted by molar-refractivity contribution is 0.350. The molecule has 2 aromatic rings. The topological polar surface area (TPSA) is 18.5 Å². The third-order valence-electron chi connectivity index (χ3n) is 2.49. The molecule has 0 aliphatic heterocycles. The van der Waals surface area contributed by atoms with Crippen molar-refractivity contribution in [3.8, 4) is 11.5 Å². The van der Waals surface area contributed by atoms with Crippen LogP contribution in [0.2, 0.25) is 10.0 Å². The summed E-state index contributed by atoms with van der Waals surface area (Å²) in [5.74, 6) is 1.58. The van der Waals surface area contributed by atoms with Crippen LogP contribution < -0.4 is 9.47 Å². The highest BCUT2D eigenvalue weighted by molar-refractivity contribution is 6.30. The van der Waals surface area contributed by atoms with Crippen LogP contribution in [-0.4, -0.2) is 13.2 Å². The Bertz CT molecular complexity index is 496. The highest BCUT2D eigenvalue weighted by Crippen LogP contribution is 2.16. The second-order valence-corrected chi connectivity index (χ2v) is 4.87. The van der Waals surface area contributed by atoms with E-state index in [-0.39, 0.29) is 0 Å². The molecule has 2 rings (SSSR count). The van der Waals surface area contributed by atoms with Crippen molar-refractivity contribution >= 4 is 23.2 Å². The van der Waals surface area contributed by atoms with Gasteiger partial charge in [-0.1, -0.05) is 23.2 Å². The van der Waals surface area contributed by atoms with E-state index in [1.165, 1.54) is 0 Å². The Morgan fingerprint density at radius 1 is 0.650 bits per heavy atom. The summed E-state index contributed by atoms with van der Waals surface area (Å²) < 4.78 is 11.0.